The highest BCUT2D eigenvalue weighted by molar-refractivity contribution is 7.89. The second-order valence-corrected chi connectivity index (χ2v) is 9.49. The molecular formula is C20H28N2O5S. The first-order chi connectivity index (χ1) is 13.4. The fraction of sp³-hybridized carbons (Fsp3) is 0.600. The lowest BCUT2D eigenvalue weighted by Crippen LogP contribution is -2.32. The van der Waals surface area contributed by atoms with Crippen molar-refractivity contribution in [1.29, 1.82) is 0 Å². The lowest BCUT2D eigenvalue weighted by Gasteiger charge is -2.23. The average molecular weight is 409 g/mol. The van der Waals surface area contributed by atoms with E-state index >= 15 is 0 Å². The molecule has 1 amide bonds. The van der Waals surface area contributed by atoms with Crippen LogP contribution in [0.15, 0.2) is 23.1 Å². The van der Waals surface area contributed by atoms with Gasteiger partial charge in [-0.05, 0) is 50.3 Å². The molecule has 1 saturated carbocycles. The van der Waals surface area contributed by atoms with Crippen LogP contribution in [0.3, 0.4) is 0 Å². The molecule has 0 spiro atoms. The number of carbonyl (C=O) groups excluding carboxylic acids is 2. The van der Waals surface area contributed by atoms with Gasteiger partial charge >= 0.3 is 5.97 Å². The second kappa shape index (κ2) is 9.05. The summed E-state index contributed by atoms with van der Waals surface area (Å²) in [5.74, 6) is -0.901. The maximum absolute atomic E-state index is 13.1. The third kappa shape index (κ3) is 4.91. The normalized spacial score (nSPS) is 18.8. The van der Waals surface area contributed by atoms with E-state index in [9.17, 15) is 18.0 Å². The average Bonchev–Trinajstić information content (AvgIpc) is 2.90. The minimum atomic E-state index is -3.61. The monoisotopic (exact) mass is 408 g/mol. The minimum absolute atomic E-state index is 0.0856. The lowest BCUT2D eigenvalue weighted by molar-refractivity contribution is -0.154. The van der Waals surface area contributed by atoms with Gasteiger partial charge in [-0.1, -0.05) is 25.3 Å². The van der Waals surface area contributed by atoms with Crippen LogP contribution < -0.4 is 5.32 Å². The van der Waals surface area contributed by atoms with Crippen LogP contribution >= 0.6 is 0 Å². The number of nitrogens with zero attached hydrogens (tertiary/aromatic N) is 1. The molecule has 3 rings (SSSR count). The molecule has 1 aromatic rings. The number of hydrogen-bond donors (Lipinski definition) is 1. The van der Waals surface area contributed by atoms with Gasteiger partial charge in [-0.15, -0.1) is 0 Å². The third-order valence-corrected chi connectivity index (χ3v) is 7.48. The van der Waals surface area contributed by atoms with E-state index in [1.165, 1.54) is 10.4 Å². The zero-order chi connectivity index (χ0) is 20.1. The molecule has 1 aliphatic carbocycles. The number of esters is 1. The van der Waals surface area contributed by atoms with Crippen molar-refractivity contribution in [1.82, 2.24) is 4.31 Å². The van der Waals surface area contributed by atoms with Gasteiger partial charge in [-0.2, -0.15) is 4.31 Å². The predicted octanol–water partition coefficient (Wildman–Crippen LogP) is 2.84. The summed E-state index contributed by atoms with van der Waals surface area (Å²) in [6.45, 7) is 2.43. The molecule has 0 bridgehead atoms. The maximum Gasteiger partial charge on any atom is 0.309 e. The van der Waals surface area contributed by atoms with Crippen molar-refractivity contribution in [2.45, 2.75) is 56.8 Å². The van der Waals surface area contributed by atoms with Gasteiger partial charge in [0.15, 0.2) is 6.61 Å². The van der Waals surface area contributed by atoms with Gasteiger partial charge in [-0.3, -0.25) is 9.59 Å². The van der Waals surface area contributed by atoms with Crippen molar-refractivity contribution >= 4 is 27.6 Å². The first-order valence-corrected chi connectivity index (χ1v) is 11.4. The lowest BCUT2D eigenvalue weighted by atomic mass is 9.86. The first-order valence-electron chi connectivity index (χ1n) is 9.95. The Balaban J connectivity index is 1.66. The third-order valence-electron chi connectivity index (χ3n) is 5.44. The Morgan fingerprint density at radius 2 is 1.79 bits per heavy atom. The number of ether oxygens (including phenoxy) is 1. The molecule has 1 aliphatic heterocycles. The molecule has 1 heterocycles. The number of nitrogens with one attached hydrogen (secondary N) is 1. The molecule has 7 nitrogen and oxygen atoms in total. The fourth-order valence-corrected chi connectivity index (χ4v) is 5.24. The highest BCUT2D eigenvalue weighted by atomic mass is 32.2. The fourth-order valence-electron chi connectivity index (χ4n) is 3.47. The Hall–Kier alpha value is -1.93. The van der Waals surface area contributed by atoms with Gasteiger partial charge in [0.2, 0.25) is 10.0 Å². The van der Waals surface area contributed by atoms with Gasteiger partial charge in [0, 0.05) is 18.8 Å². The Morgan fingerprint density at radius 3 is 2.39 bits per heavy atom. The van der Waals surface area contributed by atoms with Crippen LogP contribution in [0.2, 0.25) is 0 Å². The van der Waals surface area contributed by atoms with Crippen LogP contribution in [0.1, 0.15) is 50.5 Å². The molecule has 1 saturated heterocycles. The maximum atomic E-state index is 13.1. The number of aryl methyl sites for hydroxylation is 1. The number of sulfonamides is 1. The largest absolute Gasteiger partial charge is 0.455 e. The number of amides is 1. The highest BCUT2D eigenvalue weighted by Crippen LogP contribution is 2.28. The first kappa shape index (κ1) is 20.8. The number of benzene rings is 1. The molecule has 8 heteroatoms. The van der Waals surface area contributed by atoms with E-state index in [0.717, 1.165) is 44.9 Å². The van der Waals surface area contributed by atoms with Crippen LogP contribution in [0, 0.1) is 12.8 Å². The number of anilines is 1. The van der Waals surface area contributed by atoms with Crippen molar-refractivity contribution in [2.24, 2.45) is 5.92 Å². The van der Waals surface area contributed by atoms with E-state index in [1.807, 2.05) is 0 Å². The Kier molecular flexibility index (Phi) is 6.72. The van der Waals surface area contributed by atoms with Crippen LogP contribution in [0.5, 0.6) is 0 Å². The Morgan fingerprint density at radius 1 is 1.11 bits per heavy atom. The van der Waals surface area contributed by atoms with Crippen molar-refractivity contribution in [3.8, 4) is 0 Å². The molecular weight excluding hydrogens is 380 g/mol. The molecule has 0 radical (unpaired) electrons. The summed E-state index contributed by atoms with van der Waals surface area (Å²) in [6, 6.07) is 4.82. The van der Waals surface area contributed by atoms with Crippen molar-refractivity contribution in [2.75, 3.05) is 25.0 Å². The van der Waals surface area contributed by atoms with Crippen molar-refractivity contribution < 1.29 is 22.7 Å². The van der Waals surface area contributed by atoms with E-state index in [0.29, 0.717) is 24.3 Å². The molecule has 2 aliphatic rings. The molecule has 154 valence electrons. The SMILES string of the molecule is Cc1ccc(NC(=O)COC(=O)C2CCC2)cc1S(=O)(=O)N1CCCCCC1. The quantitative estimate of drug-likeness (QED) is 0.731. The van der Waals surface area contributed by atoms with E-state index < -0.39 is 15.9 Å². The standard InChI is InChI=1S/C20H28N2O5S/c1-15-9-10-17(21-19(23)14-27-20(24)16-7-6-8-16)13-18(15)28(25,26)22-11-4-2-3-5-12-22/h9-10,13,16H,2-8,11-12,14H2,1H3,(H,21,23). The van der Waals surface area contributed by atoms with Gasteiger partial charge in [-0.25, -0.2) is 8.42 Å². The van der Waals surface area contributed by atoms with Crippen LogP contribution in [0.25, 0.3) is 0 Å². The summed E-state index contributed by atoms with van der Waals surface area (Å²) in [4.78, 5) is 24.0. The van der Waals surface area contributed by atoms with E-state index in [1.54, 1.807) is 19.1 Å². The van der Waals surface area contributed by atoms with Crippen molar-refractivity contribution in [3.05, 3.63) is 23.8 Å². The summed E-state index contributed by atoms with van der Waals surface area (Å²) < 4.78 is 32.7. The predicted molar refractivity (Wildman–Crippen MR) is 105 cm³/mol. The number of carbonyl (C=O) groups is 2. The highest BCUT2D eigenvalue weighted by Gasteiger charge is 2.28. The summed E-state index contributed by atoms with van der Waals surface area (Å²) >= 11 is 0. The summed E-state index contributed by atoms with van der Waals surface area (Å²) in [7, 11) is -3.61. The van der Waals surface area contributed by atoms with E-state index in [4.69, 9.17) is 4.74 Å². The molecule has 28 heavy (non-hydrogen) atoms. The van der Waals surface area contributed by atoms with Gasteiger partial charge in [0.1, 0.15) is 0 Å². The zero-order valence-electron chi connectivity index (χ0n) is 16.3. The van der Waals surface area contributed by atoms with Gasteiger partial charge < -0.3 is 10.1 Å². The van der Waals surface area contributed by atoms with Gasteiger partial charge in [0.05, 0.1) is 10.8 Å². The van der Waals surface area contributed by atoms with Crippen LogP contribution in [-0.4, -0.2) is 44.3 Å². The number of rotatable bonds is 6. The number of hydrogen-bond acceptors (Lipinski definition) is 5. The Bertz CT molecular complexity index is 825. The van der Waals surface area contributed by atoms with E-state index in [2.05, 4.69) is 5.32 Å². The van der Waals surface area contributed by atoms with Gasteiger partial charge in [0.25, 0.3) is 5.91 Å². The summed E-state index contributed by atoms with van der Waals surface area (Å²) in [5.41, 5.74) is 1.02. The zero-order valence-corrected chi connectivity index (χ0v) is 17.1. The van der Waals surface area contributed by atoms with Crippen molar-refractivity contribution in [3.63, 3.8) is 0 Å². The molecule has 1 aromatic carbocycles. The smallest absolute Gasteiger partial charge is 0.309 e. The minimum Gasteiger partial charge on any atom is -0.455 e. The summed E-state index contributed by atoms with van der Waals surface area (Å²) in [6.07, 6.45) is 6.46. The second-order valence-electron chi connectivity index (χ2n) is 7.58. The molecule has 2 fully saturated rings. The molecule has 0 unspecified atom stereocenters. The molecule has 0 atom stereocenters. The molecule has 1 N–H and O–H groups in total. The topological polar surface area (TPSA) is 92.8 Å². The van der Waals surface area contributed by atoms with Crippen LogP contribution in [-0.2, 0) is 24.3 Å². The van der Waals surface area contributed by atoms with Crippen LogP contribution in [0.4, 0.5) is 5.69 Å². The van der Waals surface area contributed by atoms with E-state index in [-0.39, 0.29) is 23.4 Å². The summed E-state index contributed by atoms with van der Waals surface area (Å²) in [5, 5.41) is 2.63. The molecule has 0 aromatic heterocycles. The Labute approximate surface area is 166 Å².